The number of aryl methyl sites for hydroxylation is 1. The van der Waals surface area contributed by atoms with Gasteiger partial charge in [-0.2, -0.15) is 5.10 Å². The van der Waals surface area contributed by atoms with E-state index in [1.54, 1.807) is 0 Å². The van der Waals surface area contributed by atoms with Crippen LogP contribution in [0.1, 0.15) is 31.0 Å². The van der Waals surface area contributed by atoms with Gasteiger partial charge < -0.3 is 0 Å². The highest BCUT2D eigenvalue weighted by molar-refractivity contribution is 5.07. The van der Waals surface area contributed by atoms with Crippen molar-refractivity contribution in [2.75, 3.05) is 0 Å². The summed E-state index contributed by atoms with van der Waals surface area (Å²) in [6.45, 7) is 0. The van der Waals surface area contributed by atoms with Gasteiger partial charge in [0.2, 0.25) is 0 Å². The van der Waals surface area contributed by atoms with Crippen LogP contribution in [-0.4, -0.2) is 9.78 Å². The minimum Gasteiger partial charge on any atom is -0.271 e. The number of rotatable bonds is 4. The quantitative estimate of drug-likeness (QED) is 0.530. The molecule has 1 aromatic heterocycles. The molecule has 0 saturated heterocycles. The second kappa shape index (κ2) is 3.47. The van der Waals surface area contributed by atoms with E-state index in [2.05, 4.69) is 10.5 Å². The van der Waals surface area contributed by atoms with Gasteiger partial charge in [-0.05, 0) is 18.4 Å². The normalized spacial score (nSPS) is 18.9. The van der Waals surface area contributed by atoms with Crippen molar-refractivity contribution in [1.82, 2.24) is 15.2 Å². The van der Waals surface area contributed by atoms with Gasteiger partial charge in [-0.15, -0.1) is 0 Å². The summed E-state index contributed by atoms with van der Waals surface area (Å²) in [5.41, 5.74) is 4.03. The number of hydrazine groups is 1. The number of nitrogens with one attached hydrogen (secondary N) is 1. The zero-order valence-electron chi connectivity index (χ0n) is 7.90. The topological polar surface area (TPSA) is 55.9 Å². The number of nitrogens with zero attached hydrogens (tertiary/aromatic N) is 2. The van der Waals surface area contributed by atoms with Crippen LogP contribution in [0.3, 0.4) is 0 Å². The van der Waals surface area contributed by atoms with E-state index in [0.29, 0.717) is 0 Å². The van der Waals surface area contributed by atoms with Gasteiger partial charge in [-0.3, -0.25) is 16.0 Å². The molecule has 1 fully saturated rings. The van der Waals surface area contributed by atoms with Gasteiger partial charge in [0.15, 0.2) is 0 Å². The Balaban J connectivity index is 2.06. The molecule has 0 amide bonds. The summed E-state index contributed by atoms with van der Waals surface area (Å²) < 4.78 is 1.88. The fourth-order valence-electron chi connectivity index (χ4n) is 1.69. The van der Waals surface area contributed by atoms with Crippen LogP contribution in [0.15, 0.2) is 12.3 Å². The second-order valence-electron chi connectivity index (χ2n) is 3.78. The Bertz CT molecular complexity index is 277. The Hall–Kier alpha value is -0.870. The van der Waals surface area contributed by atoms with Crippen molar-refractivity contribution in [3.8, 4) is 0 Å². The molecule has 1 aliphatic carbocycles. The number of hydrogen-bond donors (Lipinski definition) is 2. The summed E-state index contributed by atoms with van der Waals surface area (Å²) in [5, 5.41) is 4.13. The molecule has 72 valence electrons. The first kappa shape index (κ1) is 8.72. The van der Waals surface area contributed by atoms with Gasteiger partial charge in [0.1, 0.15) is 0 Å². The third-order valence-corrected chi connectivity index (χ3v) is 2.68. The summed E-state index contributed by atoms with van der Waals surface area (Å²) in [5.74, 6) is 6.39. The summed E-state index contributed by atoms with van der Waals surface area (Å²) in [6, 6.07) is 2.28. The monoisotopic (exact) mass is 180 g/mol. The molecule has 13 heavy (non-hydrogen) atoms. The Labute approximate surface area is 78.1 Å². The first-order chi connectivity index (χ1) is 6.31. The lowest BCUT2D eigenvalue weighted by atomic mass is 10.1. The van der Waals surface area contributed by atoms with E-state index in [-0.39, 0.29) is 6.04 Å². The molecule has 0 bridgehead atoms. The van der Waals surface area contributed by atoms with Crippen LogP contribution in [0.2, 0.25) is 0 Å². The average Bonchev–Trinajstić information content (AvgIpc) is 2.85. The van der Waals surface area contributed by atoms with Gasteiger partial charge in [0.25, 0.3) is 0 Å². The molecule has 1 aromatic rings. The summed E-state index contributed by atoms with van der Waals surface area (Å²) in [7, 11) is 1.95. The minimum absolute atomic E-state index is 0.264. The largest absolute Gasteiger partial charge is 0.271 e. The van der Waals surface area contributed by atoms with Crippen molar-refractivity contribution in [1.29, 1.82) is 0 Å². The van der Waals surface area contributed by atoms with Crippen molar-refractivity contribution in [3.63, 3.8) is 0 Å². The Morgan fingerprint density at radius 1 is 1.77 bits per heavy atom. The second-order valence-corrected chi connectivity index (χ2v) is 3.78. The predicted octanol–water partition coefficient (Wildman–Crippen LogP) is 0.725. The van der Waals surface area contributed by atoms with Crippen LogP contribution in [-0.2, 0) is 7.05 Å². The Morgan fingerprint density at radius 2 is 2.54 bits per heavy atom. The van der Waals surface area contributed by atoms with Gasteiger partial charge in [-0.1, -0.05) is 12.8 Å². The van der Waals surface area contributed by atoms with Gasteiger partial charge in [-0.25, -0.2) is 0 Å². The molecule has 2 rings (SSSR count). The lowest BCUT2D eigenvalue weighted by Gasteiger charge is -2.15. The minimum atomic E-state index is 0.264. The van der Waals surface area contributed by atoms with E-state index >= 15 is 0 Å². The highest BCUT2D eigenvalue weighted by atomic mass is 15.3. The van der Waals surface area contributed by atoms with E-state index in [0.717, 1.165) is 12.3 Å². The molecule has 1 saturated carbocycles. The molecule has 3 N–H and O–H groups in total. The third kappa shape index (κ3) is 1.89. The summed E-state index contributed by atoms with van der Waals surface area (Å²) >= 11 is 0. The predicted molar refractivity (Wildman–Crippen MR) is 50.6 cm³/mol. The highest BCUT2D eigenvalue weighted by Crippen LogP contribution is 2.37. The summed E-state index contributed by atoms with van der Waals surface area (Å²) in [6.07, 6.45) is 5.66. The molecular formula is C9H16N4. The maximum Gasteiger partial charge on any atom is 0.0631 e. The lowest BCUT2D eigenvalue weighted by molar-refractivity contribution is 0.457. The van der Waals surface area contributed by atoms with E-state index < -0.39 is 0 Å². The Morgan fingerprint density at radius 3 is 3.00 bits per heavy atom. The standard InChI is InChI=1S/C9H16N4/c1-13-9(4-5-11-13)8(12-10)6-7-2-3-7/h4-5,7-8,12H,2-3,6,10H2,1H3. The SMILES string of the molecule is Cn1nccc1C(CC1CC1)NN. The van der Waals surface area contributed by atoms with Crippen LogP contribution >= 0.6 is 0 Å². The fourth-order valence-corrected chi connectivity index (χ4v) is 1.69. The van der Waals surface area contributed by atoms with Gasteiger partial charge >= 0.3 is 0 Å². The Kier molecular flexibility index (Phi) is 2.33. The third-order valence-electron chi connectivity index (χ3n) is 2.68. The zero-order valence-corrected chi connectivity index (χ0v) is 7.90. The molecule has 0 aromatic carbocycles. The van der Waals surface area contributed by atoms with Gasteiger partial charge in [0.05, 0.1) is 11.7 Å². The molecule has 0 spiro atoms. The van der Waals surface area contributed by atoms with E-state index in [1.165, 1.54) is 18.5 Å². The average molecular weight is 180 g/mol. The van der Waals surface area contributed by atoms with Crippen LogP contribution in [0, 0.1) is 5.92 Å². The first-order valence-electron chi connectivity index (χ1n) is 4.75. The fraction of sp³-hybridized carbons (Fsp3) is 0.667. The zero-order chi connectivity index (χ0) is 9.26. The van der Waals surface area contributed by atoms with Gasteiger partial charge in [0, 0.05) is 13.2 Å². The number of nitrogens with two attached hydrogens (primary N) is 1. The molecule has 4 nitrogen and oxygen atoms in total. The van der Waals surface area contributed by atoms with Crippen LogP contribution in [0.25, 0.3) is 0 Å². The molecule has 1 atom stereocenters. The molecule has 1 unspecified atom stereocenters. The van der Waals surface area contributed by atoms with E-state index in [1.807, 2.05) is 24.0 Å². The van der Waals surface area contributed by atoms with E-state index in [4.69, 9.17) is 5.84 Å². The molecule has 0 aliphatic heterocycles. The number of hydrogen-bond acceptors (Lipinski definition) is 3. The highest BCUT2D eigenvalue weighted by Gasteiger charge is 2.26. The van der Waals surface area contributed by atoms with Crippen LogP contribution < -0.4 is 11.3 Å². The van der Waals surface area contributed by atoms with Crippen molar-refractivity contribution in [2.45, 2.75) is 25.3 Å². The van der Waals surface area contributed by atoms with Crippen LogP contribution in [0.4, 0.5) is 0 Å². The molecule has 1 aliphatic rings. The van der Waals surface area contributed by atoms with Crippen molar-refractivity contribution >= 4 is 0 Å². The molecule has 4 heteroatoms. The van der Waals surface area contributed by atoms with Crippen LogP contribution in [0.5, 0.6) is 0 Å². The smallest absolute Gasteiger partial charge is 0.0631 e. The van der Waals surface area contributed by atoms with E-state index in [9.17, 15) is 0 Å². The van der Waals surface area contributed by atoms with Crippen molar-refractivity contribution < 1.29 is 0 Å². The van der Waals surface area contributed by atoms with Crippen molar-refractivity contribution in [2.24, 2.45) is 18.8 Å². The first-order valence-corrected chi connectivity index (χ1v) is 4.75. The molecular weight excluding hydrogens is 164 g/mol. The number of aromatic nitrogens is 2. The summed E-state index contributed by atoms with van der Waals surface area (Å²) in [4.78, 5) is 0. The molecule has 0 radical (unpaired) electrons. The van der Waals surface area contributed by atoms with Crippen molar-refractivity contribution in [3.05, 3.63) is 18.0 Å². The molecule has 1 heterocycles. The lowest BCUT2D eigenvalue weighted by Crippen LogP contribution is -2.29. The maximum atomic E-state index is 5.52. The maximum absolute atomic E-state index is 5.52.